The van der Waals surface area contributed by atoms with Crippen molar-refractivity contribution >= 4 is 11.3 Å². The lowest BCUT2D eigenvalue weighted by atomic mass is 9.90. The van der Waals surface area contributed by atoms with Crippen LogP contribution in [0.5, 0.6) is 0 Å². The third kappa shape index (κ3) is 2.94. The minimum atomic E-state index is 0.441. The van der Waals surface area contributed by atoms with Crippen LogP contribution in [0.2, 0.25) is 0 Å². The van der Waals surface area contributed by atoms with Crippen molar-refractivity contribution in [1.29, 1.82) is 0 Å². The third-order valence-electron chi connectivity index (χ3n) is 1.95. The molecule has 0 fully saturated rings. The Hall–Kier alpha value is -0.370. The molecule has 0 aliphatic heterocycles. The van der Waals surface area contributed by atoms with E-state index >= 15 is 0 Å². The number of rotatable bonds is 2. The standard InChI is InChI=1S/C10H17NS/c1-8-9(12-7-11-8)5-6-10(2,3)4/h7H,5-6H2,1-4H3. The SMILES string of the molecule is Cc1ncsc1CCC(C)(C)C. The average Bonchev–Trinajstić information content (AvgIpc) is 2.29. The molecular weight excluding hydrogens is 166 g/mol. The molecule has 0 saturated carbocycles. The summed E-state index contributed by atoms with van der Waals surface area (Å²) in [5, 5.41) is 0. The largest absolute Gasteiger partial charge is 0.250 e. The van der Waals surface area contributed by atoms with E-state index in [1.165, 1.54) is 23.4 Å². The van der Waals surface area contributed by atoms with Gasteiger partial charge in [0, 0.05) is 4.88 Å². The van der Waals surface area contributed by atoms with E-state index in [0.29, 0.717) is 5.41 Å². The van der Waals surface area contributed by atoms with Crippen molar-refractivity contribution in [3.63, 3.8) is 0 Å². The van der Waals surface area contributed by atoms with Crippen LogP contribution >= 0.6 is 11.3 Å². The van der Waals surface area contributed by atoms with Gasteiger partial charge in [0.05, 0.1) is 11.2 Å². The molecule has 0 radical (unpaired) electrons. The summed E-state index contributed by atoms with van der Waals surface area (Å²) in [5.41, 5.74) is 3.59. The van der Waals surface area contributed by atoms with E-state index in [2.05, 4.69) is 32.7 Å². The second-order valence-electron chi connectivity index (χ2n) is 4.42. The molecule has 2 heteroatoms. The first kappa shape index (κ1) is 9.72. The Bertz CT molecular complexity index is 245. The number of hydrogen-bond acceptors (Lipinski definition) is 2. The predicted octanol–water partition coefficient (Wildman–Crippen LogP) is 3.43. The van der Waals surface area contributed by atoms with E-state index in [9.17, 15) is 0 Å². The lowest BCUT2D eigenvalue weighted by Gasteiger charge is -2.16. The molecule has 0 amide bonds. The van der Waals surface area contributed by atoms with Crippen LogP contribution in [0.1, 0.15) is 37.8 Å². The number of nitrogens with zero attached hydrogens (tertiary/aromatic N) is 1. The zero-order valence-corrected chi connectivity index (χ0v) is 9.16. The molecule has 0 saturated heterocycles. The van der Waals surface area contributed by atoms with Crippen molar-refractivity contribution in [1.82, 2.24) is 4.98 Å². The van der Waals surface area contributed by atoms with Crippen LogP contribution in [0.25, 0.3) is 0 Å². The molecule has 0 aliphatic rings. The van der Waals surface area contributed by atoms with E-state index in [4.69, 9.17) is 0 Å². The van der Waals surface area contributed by atoms with Gasteiger partial charge >= 0.3 is 0 Å². The lowest BCUT2D eigenvalue weighted by Crippen LogP contribution is -2.06. The summed E-state index contributed by atoms with van der Waals surface area (Å²) in [6.45, 7) is 8.94. The van der Waals surface area contributed by atoms with Crippen molar-refractivity contribution in [2.75, 3.05) is 0 Å². The monoisotopic (exact) mass is 183 g/mol. The van der Waals surface area contributed by atoms with Crippen LogP contribution in [-0.2, 0) is 6.42 Å². The fourth-order valence-electron chi connectivity index (χ4n) is 1.05. The number of thiazole rings is 1. The van der Waals surface area contributed by atoms with Gasteiger partial charge in [-0.05, 0) is 25.2 Å². The van der Waals surface area contributed by atoms with Crippen LogP contribution in [0.4, 0.5) is 0 Å². The Morgan fingerprint density at radius 2 is 2.08 bits per heavy atom. The fraction of sp³-hybridized carbons (Fsp3) is 0.700. The van der Waals surface area contributed by atoms with Crippen molar-refractivity contribution < 1.29 is 0 Å². The van der Waals surface area contributed by atoms with E-state index in [0.717, 1.165) is 0 Å². The molecule has 0 spiro atoms. The van der Waals surface area contributed by atoms with Gasteiger partial charge < -0.3 is 0 Å². The van der Waals surface area contributed by atoms with Crippen molar-refractivity contribution in [3.05, 3.63) is 16.1 Å². The quantitative estimate of drug-likeness (QED) is 0.684. The topological polar surface area (TPSA) is 12.9 Å². The Labute approximate surface area is 78.8 Å². The van der Waals surface area contributed by atoms with Gasteiger partial charge in [0.1, 0.15) is 0 Å². The molecule has 0 N–H and O–H groups in total. The first-order valence-corrected chi connectivity index (χ1v) is 5.26. The molecule has 0 aliphatic carbocycles. The van der Waals surface area contributed by atoms with Gasteiger partial charge in [-0.25, -0.2) is 4.98 Å². The summed E-state index contributed by atoms with van der Waals surface area (Å²) in [5.74, 6) is 0. The van der Waals surface area contributed by atoms with E-state index in [-0.39, 0.29) is 0 Å². The first-order valence-electron chi connectivity index (χ1n) is 4.38. The Morgan fingerprint density at radius 1 is 1.42 bits per heavy atom. The molecule has 0 bridgehead atoms. The fourth-order valence-corrected chi connectivity index (χ4v) is 1.84. The minimum absolute atomic E-state index is 0.441. The number of aryl methyl sites for hydroxylation is 2. The van der Waals surface area contributed by atoms with Crippen LogP contribution in [0.3, 0.4) is 0 Å². The molecule has 1 aromatic heterocycles. The highest BCUT2D eigenvalue weighted by atomic mass is 32.1. The maximum atomic E-state index is 4.24. The number of hydrogen-bond donors (Lipinski definition) is 0. The maximum absolute atomic E-state index is 4.24. The molecular formula is C10H17NS. The van der Waals surface area contributed by atoms with Gasteiger partial charge in [-0.2, -0.15) is 0 Å². The van der Waals surface area contributed by atoms with Crippen molar-refractivity contribution in [3.8, 4) is 0 Å². The Balaban J connectivity index is 2.49. The van der Waals surface area contributed by atoms with Gasteiger partial charge in [-0.3, -0.25) is 0 Å². The summed E-state index contributed by atoms with van der Waals surface area (Å²) in [7, 11) is 0. The van der Waals surface area contributed by atoms with Crippen LogP contribution < -0.4 is 0 Å². The zero-order valence-electron chi connectivity index (χ0n) is 8.35. The molecule has 1 heterocycles. The molecule has 68 valence electrons. The Kier molecular flexibility index (Phi) is 2.89. The van der Waals surface area contributed by atoms with E-state index in [1.54, 1.807) is 11.3 Å². The van der Waals surface area contributed by atoms with Gasteiger partial charge in [-0.1, -0.05) is 20.8 Å². The van der Waals surface area contributed by atoms with Crippen LogP contribution in [0.15, 0.2) is 5.51 Å². The second kappa shape index (κ2) is 3.56. The Morgan fingerprint density at radius 3 is 2.50 bits per heavy atom. The molecule has 1 aromatic rings. The molecule has 0 atom stereocenters. The highest BCUT2D eigenvalue weighted by Gasteiger charge is 2.11. The number of aromatic nitrogens is 1. The van der Waals surface area contributed by atoms with Gasteiger partial charge in [0.25, 0.3) is 0 Å². The maximum Gasteiger partial charge on any atom is 0.0797 e. The van der Waals surface area contributed by atoms with Gasteiger partial charge in [0.15, 0.2) is 0 Å². The van der Waals surface area contributed by atoms with E-state index in [1.807, 2.05) is 5.51 Å². The minimum Gasteiger partial charge on any atom is -0.250 e. The molecule has 0 aromatic carbocycles. The second-order valence-corrected chi connectivity index (χ2v) is 5.36. The van der Waals surface area contributed by atoms with Gasteiger partial charge in [-0.15, -0.1) is 11.3 Å². The molecule has 1 nitrogen and oxygen atoms in total. The highest BCUT2D eigenvalue weighted by molar-refractivity contribution is 7.09. The lowest BCUT2D eigenvalue weighted by molar-refractivity contribution is 0.379. The highest BCUT2D eigenvalue weighted by Crippen LogP contribution is 2.24. The third-order valence-corrected chi connectivity index (χ3v) is 2.94. The van der Waals surface area contributed by atoms with E-state index < -0.39 is 0 Å². The molecule has 1 rings (SSSR count). The van der Waals surface area contributed by atoms with Gasteiger partial charge in [0.2, 0.25) is 0 Å². The summed E-state index contributed by atoms with van der Waals surface area (Å²) >= 11 is 1.78. The van der Waals surface area contributed by atoms with Crippen molar-refractivity contribution in [2.24, 2.45) is 5.41 Å². The summed E-state index contributed by atoms with van der Waals surface area (Å²) in [6, 6.07) is 0. The smallest absolute Gasteiger partial charge is 0.0797 e. The summed E-state index contributed by atoms with van der Waals surface area (Å²) in [6.07, 6.45) is 2.43. The first-order chi connectivity index (χ1) is 5.49. The summed E-state index contributed by atoms with van der Waals surface area (Å²) < 4.78 is 0. The van der Waals surface area contributed by atoms with Crippen LogP contribution in [-0.4, -0.2) is 4.98 Å². The zero-order chi connectivity index (χ0) is 9.19. The van der Waals surface area contributed by atoms with Crippen molar-refractivity contribution in [2.45, 2.75) is 40.5 Å². The van der Waals surface area contributed by atoms with Crippen LogP contribution in [0, 0.1) is 12.3 Å². The molecule has 0 unspecified atom stereocenters. The molecule has 12 heavy (non-hydrogen) atoms. The predicted molar refractivity (Wildman–Crippen MR) is 54.6 cm³/mol. The normalized spacial score (nSPS) is 12.0. The average molecular weight is 183 g/mol. The summed E-state index contributed by atoms with van der Waals surface area (Å²) in [4.78, 5) is 5.68.